The molecule has 0 amide bonds. The topological polar surface area (TPSA) is 43.4 Å². The van der Waals surface area contributed by atoms with Crippen LogP contribution in [-0.4, -0.2) is 19.2 Å². The molecule has 4 heteroatoms. The second kappa shape index (κ2) is 5.93. The maximum atomic E-state index is 5.44. The van der Waals surface area contributed by atoms with E-state index in [2.05, 4.69) is 29.4 Å². The number of ether oxygens (including phenoxy) is 2. The molecule has 0 aliphatic carbocycles. The van der Waals surface area contributed by atoms with Crippen LogP contribution in [0.2, 0.25) is 0 Å². The Kier molecular flexibility index (Phi) is 3.83. The van der Waals surface area contributed by atoms with Gasteiger partial charge < -0.3 is 14.8 Å². The molecular formula is C18H18N2O2. The normalized spacial score (nSPS) is 10.5. The molecule has 0 saturated carbocycles. The van der Waals surface area contributed by atoms with Gasteiger partial charge in [0, 0.05) is 23.3 Å². The minimum atomic E-state index is 0.733. The summed E-state index contributed by atoms with van der Waals surface area (Å²) in [6.07, 6.45) is 1.80. The lowest BCUT2D eigenvalue weighted by molar-refractivity contribution is 0.395. The third kappa shape index (κ3) is 2.68. The van der Waals surface area contributed by atoms with Crippen LogP contribution in [0.3, 0.4) is 0 Å². The molecule has 4 nitrogen and oxygen atoms in total. The van der Waals surface area contributed by atoms with E-state index >= 15 is 0 Å². The maximum absolute atomic E-state index is 5.44. The van der Waals surface area contributed by atoms with Crippen molar-refractivity contribution in [1.82, 2.24) is 4.98 Å². The molecule has 0 saturated heterocycles. The van der Waals surface area contributed by atoms with Crippen molar-refractivity contribution in [3.8, 4) is 11.5 Å². The number of aromatic nitrogens is 1. The molecule has 3 rings (SSSR count). The van der Waals surface area contributed by atoms with Crippen LogP contribution in [0.5, 0.6) is 11.5 Å². The summed E-state index contributed by atoms with van der Waals surface area (Å²) in [6, 6.07) is 13.9. The highest BCUT2D eigenvalue weighted by Gasteiger charge is 2.08. The van der Waals surface area contributed by atoms with E-state index < -0.39 is 0 Å². The summed E-state index contributed by atoms with van der Waals surface area (Å²) in [7, 11) is 3.29. The molecule has 22 heavy (non-hydrogen) atoms. The van der Waals surface area contributed by atoms with Gasteiger partial charge in [0.25, 0.3) is 0 Å². The highest BCUT2D eigenvalue weighted by atomic mass is 16.5. The average molecular weight is 294 g/mol. The molecular weight excluding hydrogens is 276 g/mol. The van der Waals surface area contributed by atoms with E-state index in [4.69, 9.17) is 9.47 Å². The number of hydrogen-bond donors (Lipinski definition) is 1. The van der Waals surface area contributed by atoms with Gasteiger partial charge in [-0.05, 0) is 37.3 Å². The first-order chi connectivity index (χ1) is 10.7. The van der Waals surface area contributed by atoms with Crippen molar-refractivity contribution >= 4 is 22.3 Å². The summed E-state index contributed by atoms with van der Waals surface area (Å²) in [4.78, 5) is 4.40. The zero-order valence-electron chi connectivity index (χ0n) is 12.9. The van der Waals surface area contributed by atoms with Gasteiger partial charge >= 0.3 is 0 Å². The molecule has 0 atom stereocenters. The number of hydrogen-bond acceptors (Lipinski definition) is 4. The summed E-state index contributed by atoms with van der Waals surface area (Å²) in [5.74, 6) is 1.50. The molecule has 3 aromatic rings. The largest absolute Gasteiger partial charge is 0.497 e. The zero-order chi connectivity index (χ0) is 15.5. The number of nitrogens with zero attached hydrogens (tertiary/aromatic N) is 1. The van der Waals surface area contributed by atoms with E-state index in [-0.39, 0.29) is 0 Å². The Bertz CT molecular complexity index is 815. The van der Waals surface area contributed by atoms with Gasteiger partial charge in [-0.3, -0.25) is 4.98 Å². The van der Waals surface area contributed by atoms with Gasteiger partial charge in [-0.15, -0.1) is 0 Å². The van der Waals surface area contributed by atoms with Crippen molar-refractivity contribution in [3.63, 3.8) is 0 Å². The van der Waals surface area contributed by atoms with Crippen LogP contribution in [0.25, 0.3) is 10.9 Å². The van der Waals surface area contributed by atoms with Crippen LogP contribution in [0.15, 0.2) is 48.7 Å². The second-order valence-corrected chi connectivity index (χ2v) is 5.07. The molecule has 112 valence electrons. The van der Waals surface area contributed by atoms with Gasteiger partial charge in [-0.1, -0.05) is 11.6 Å². The quantitative estimate of drug-likeness (QED) is 0.779. The van der Waals surface area contributed by atoms with Crippen LogP contribution >= 0.6 is 0 Å². The fourth-order valence-electron chi connectivity index (χ4n) is 2.42. The molecule has 1 N–H and O–H groups in total. The molecule has 0 unspecified atom stereocenters. The van der Waals surface area contributed by atoms with E-state index in [1.54, 1.807) is 20.4 Å². The Balaban J connectivity index is 2.05. The number of anilines is 2. The predicted octanol–water partition coefficient (Wildman–Crippen LogP) is 4.30. The zero-order valence-corrected chi connectivity index (χ0v) is 12.9. The maximum Gasteiger partial charge on any atom is 0.145 e. The number of aryl methyl sites for hydroxylation is 1. The van der Waals surface area contributed by atoms with Crippen LogP contribution in [0, 0.1) is 6.92 Å². The Hall–Kier alpha value is -2.75. The Morgan fingerprint density at radius 2 is 1.77 bits per heavy atom. The minimum Gasteiger partial charge on any atom is -0.497 e. The number of fused-ring (bicyclic) bond motifs is 1. The van der Waals surface area contributed by atoms with Gasteiger partial charge in [0.05, 0.1) is 25.4 Å². The third-order valence-corrected chi connectivity index (χ3v) is 3.58. The highest BCUT2D eigenvalue weighted by Crippen LogP contribution is 2.33. The first kappa shape index (κ1) is 14.2. The molecule has 0 aliphatic rings. The van der Waals surface area contributed by atoms with Crippen molar-refractivity contribution in [1.29, 1.82) is 0 Å². The van der Waals surface area contributed by atoms with Crippen LogP contribution < -0.4 is 14.8 Å². The monoisotopic (exact) mass is 294 g/mol. The minimum absolute atomic E-state index is 0.733. The van der Waals surface area contributed by atoms with E-state index in [0.29, 0.717) is 0 Å². The summed E-state index contributed by atoms with van der Waals surface area (Å²) in [5, 5.41) is 4.51. The Morgan fingerprint density at radius 3 is 2.55 bits per heavy atom. The molecule has 2 aromatic carbocycles. The molecule has 0 aliphatic heterocycles. The van der Waals surface area contributed by atoms with Crippen molar-refractivity contribution < 1.29 is 9.47 Å². The molecule has 0 spiro atoms. The Morgan fingerprint density at radius 1 is 0.909 bits per heavy atom. The lowest BCUT2D eigenvalue weighted by atomic mass is 10.1. The van der Waals surface area contributed by atoms with E-state index in [0.717, 1.165) is 33.8 Å². The third-order valence-electron chi connectivity index (χ3n) is 3.58. The van der Waals surface area contributed by atoms with Gasteiger partial charge in [0.2, 0.25) is 0 Å². The molecule has 1 heterocycles. The van der Waals surface area contributed by atoms with Crippen molar-refractivity contribution in [2.45, 2.75) is 6.92 Å². The fourth-order valence-corrected chi connectivity index (χ4v) is 2.42. The van der Waals surface area contributed by atoms with Gasteiger partial charge in [0.1, 0.15) is 11.5 Å². The standard InChI is InChI=1S/C18H18N2O2/c1-12-4-6-15-14(10-12)16(8-9-19-15)20-17-7-5-13(21-2)11-18(17)22-3/h4-11H,1-3H3,(H,19,20). The SMILES string of the molecule is COc1ccc(Nc2ccnc3ccc(C)cc23)c(OC)c1. The number of nitrogens with one attached hydrogen (secondary N) is 1. The number of rotatable bonds is 4. The number of pyridine rings is 1. The predicted molar refractivity (Wildman–Crippen MR) is 89.3 cm³/mol. The van der Waals surface area contributed by atoms with E-state index in [1.165, 1.54) is 5.56 Å². The summed E-state index contributed by atoms with van der Waals surface area (Å²) in [5.41, 5.74) is 4.04. The van der Waals surface area contributed by atoms with Crippen molar-refractivity contribution in [3.05, 3.63) is 54.2 Å². The summed E-state index contributed by atoms with van der Waals surface area (Å²) < 4.78 is 10.7. The van der Waals surface area contributed by atoms with Crippen LogP contribution in [0.1, 0.15) is 5.56 Å². The first-order valence-corrected chi connectivity index (χ1v) is 7.05. The van der Waals surface area contributed by atoms with Crippen LogP contribution in [-0.2, 0) is 0 Å². The molecule has 0 fully saturated rings. The lowest BCUT2D eigenvalue weighted by Gasteiger charge is -2.14. The highest BCUT2D eigenvalue weighted by molar-refractivity contribution is 5.93. The van der Waals surface area contributed by atoms with E-state index in [1.807, 2.05) is 30.3 Å². The summed E-state index contributed by atoms with van der Waals surface area (Å²) in [6.45, 7) is 2.07. The average Bonchev–Trinajstić information content (AvgIpc) is 2.55. The number of methoxy groups -OCH3 is 2. The van der Waals surface area contributed by atoms with Crippen molar-refractivity contribution in [2.24, 2.45) is 0 Å². The molecule has 0 bridgehead atoms. The Labute approximate surface area is 129 Å². The number of benzene rings is 2. The van der Waals surface area contributed by atoms with Gasteiger partial charge in [0.15, 0.2) is 0 Å². The van der Waals surface area contributed by atoms with Gasteiger partial charge in [-0.2, -0.15) is 0 Å². The van der Waals surface area contributed by atoms with Gasteiger partial charge in [-0.25, -0.2) is 0 Å². The van der Waals surface area contributed by atoms with Crippen LogP contribution in [0.4, 0.5) is 11.4 Å². The van der Waals surface area contributed by atoms with Crippen molar-refractivity contribution in [2.75, 3.05) is 19.5 Å². The van der Waals surface area contributed by atoms with E-state index in [9.17, 15) is 0 Å². The first-order valence-electron chi connectivity index (χ1n) is 7.05. The summed E-state index contributed by atoms with van der Waals surface area (Å²) >= 11 is 0. The molecule has 0 radical (unpaired) electrons. The lowest BCUT2D eigenvalue weighted by Crippen LogP contribution is -1.97. The second-order valence-electron chi connectivity index (χ2n) is 5.07. The smallest absolute Gasteiger partial charge is 0.145 e. The fraction of sp³-hybridized carbons (Fsp3) is 0.167. The molecule has 1 aromatic heterocycles.